The van der Waals surface area contributed by atoms with E-state index in [9.17, 15) is 13.2 Å². The van der Waals surface area contributed by atoms with Crippen LogP contribution in [0.3, 0.4) is 0 Å². The van der Waals surface area contributed by atoms with E-state index in [0.29, 0.717) is 0 Å². The van der Waals surface area contributed by atoms with Gasteiger partial charge in [-0.25, -0.2) is 14.8 Å². The molecule has 6 nitrogen and oxygen atoms in total. The summed E-state index contributed by atoms with van der Waals surface area (Å²) < 4.78 is 31.7. The summed E-state index contributed by atoms with van der Waals surface area (Å²) in [5.74, 6) is -1.69. The van der Waals surface area contributed by atoms with Crippen LogP contribution in [0.25, 0.3) is 0 Å². The second kappa shape index (κ2) is 9.50. The van der Waals surface area contributed by atoms with Crippen LogP contribution >= 0.6 is 0 Å². The van der Waals surface area contributed by atoms with Crippen molar-refractivity contribution < 1.29 is 23.1 Å². The van der Waals surface area contributed by atoms with Crippen LogP contribution < -0.4 is 4.90 Å². The molecule has 0 bridgehead atoms. The van der Waals surface area contributed by atoms with E-state index in [0.717, 1.165) is 38.3 Å². The van der Waals surface area contributed by atoms with E-state index < -0.39 is 12.1 Å². The third kappa shape index (κ3) is 6.19. The van der Waals surface area contributed by atoms with Crippen LogP contribution in [-0.2, 0) is 24.2 Å². The van der Waals surface area contributed by atoms with E-state index in [1.54, 1.807) is 6.33 Å². The highest BCUT2D eigenvalue weighted by molar-refractivity contribution is 5.73. The molecule has 0 fully saturated rings. The molecule has 0 aliphatic carbocycles. The van der Waals surface area contributed by atoms with Crippen LogP contribution in [0.15, 0.2) is 36.7 Å². The van der Waals surface area contributed by atoms with E-state index >= 15 is 0 Å². The maximum absolute atomic E-state index is 10.6. The van der Waals surface area contributed by atoms with Gasteiger partial charge in [0, 0.05) is 45.7 Å². The Morgan fingerprint density at radius 1 is 1.14 bits per heavy atom. The minimum absolute atomic E-state index is 1.01. The van der Waals surface area contributed by atoms with Crippen molar-refractivity contribution >= 4 is 11.8 Å². The molecule has 28 heavy (non-hydrogen) atoms. The van der Waals surface area contributed by atoms with E-state index in [4.69, 9.17) is 9.90 Å². The molecule has 152 valence electrons. The molecule has 0 saturated carbocycles. The van der Waals surface area contributed by atoms with Gasteiger partial charge in [0.2, 0.25) is 0 Å². The zero-order chi connectivity index (χ0) is 20.7. The summed E-state index contributed by atoms with van der Waals surface area (Å²) in [7, 11) is 4.10. The minimum Gasteiger partial charge on any atom is -0.475 e. The van der Waals surface area contributed by atoms with Crippen LogP contribution in [0.5, 0.6) is 0 Å². The van der Waals surface area contributed by atoms with Crippen LogP contribution in [0.2, 0.25) is 0 Å². The molecule has 9 heteroatoms. The molecule has 1 aliphatic rings. The van der Waals surface area contributed by atoms with Crippen molar-refractivity contribution in [1.29, 1.82) is 0 Å². The van der Waals surface area contributed by atoms with Gasteiger partial charge in [-0.3, -0.25) is 4.90 Å². The standard InChI is InChI=1S/C17H22N4.C2HF3O2/c1-20(2)17-15-8-10-21(11-9-16(15)18-13-19-17)12-14-6-4-3-5-7-14;3-2(4,5)1(6)7/h3-7,13H,8-12H2,1-2H3;(H,6,7). The highest BCUT2D eigenvalue weighted by Gasteiger charge is 2.38. The van der Waals surface area contributed by atoms with Gasteiger partial charge in [-0.05, 0) is 12.0 Å². The second-order valence-corrected chi connectivity index (χ2v) is 6.58. The summed E-state index contributed by atoms with van der Waals surface area (Å²) in [6.45, 7) is 3.14. The van der Waals surface area contributed by atoms with Crippen LogP contribution in [-0.4, -0.2) is 59.3 Å². The summed E-state index contributed by atoms with van der Waals surface area (Å²) in [4.78, 5) is 22.4. The lowest BCUT2D eigenvalue weighted by atomic mass is 10.1. The number of aromatic nitrogens is 2. The Morgan fingerprint density at radius 3 is 2.32 bits per heavy atom. The van der Waals surface area contributed by atoms with Crippen LogP contribution in [0, 0.1) is 0 Å². The number of benzene rings is 1. The molecular formula is C19H23F3N4O2. The molecule has 0 saturated heterocycles. The summed E-state index contributed by atoms with van der Waals surface area (Å²) in [6, 6.07) is 10.7. The largest absolute Gasteiger partial charge is 0.490 e. The first-order valence-electron chi connectivity index (χ1n) is 8.75. The van der Waals surface area contributed by atoms with E-state index in [1.807, 2.05) is 0 Å². The molecule has 0 spiro atoms. The average molecular weight is 396 g/mol. The number of hydrogen-bond donors (Lipinski definition) is 1. The number of carboxylic acids is 1. The van der Waals surface area contributed by atoms with Crippen LogP contribution in [0.1, 0.15) is 16.8 Å². The monoisotopic (exact) mass is 396 g/mol. The summed E-state index contributed by atoms with van der Waals surface area (Å²) >= 11 is 0. The molecule has 0 atom stereocenters. The quantitative estimate of drug-likeness (QED) is 0.861. The predicted octanol–water partition coefficient (Wildman–Crippen LogP) is 2.78. The Balaban J connectivity index is 0.000000345. The first-order valence-corrected chi connectivity index (χ1v) is 8.75. The number of alkyl halides is 3. The van der Waals surface area contributed by atoms with Crippen molar-refractivity contribution in [1.82, 2.24) is 14.9 Å². The number of fused-ring (bicyclic) bond motifs is 1. The van der Waals surface area contributed by atoms with Gasteiger partial charge in [-0.1, -0.05) is 30.3 Å². The number of carboxylic acid groups (broad SMARTS) is 1. The second-order valence-electron chi connectivity index (χ2n) is 6.58. The zero-order valence-electron chi connectivity index (χ0n) is 15.8. The fourth-order valence-electron chi connectivity index (χ4n) is 2.94. The number of anilines is 1. The molecule has 2 aromatic rings. The molecule has 0 amide bonds. The van der Waals surface area contributed by atoms with Crippen molar-refractivity contribution in [3.63, 3.8) is 0 Å². The number of nitrogens with zero attached hydrogens (tertiary/aromatic N) is 4. The Kier molecular flexibility index (Phi) is 7.33. The first kappa shape index (κ1) is 21.6. The molecule has 0 radical (unpaired) electrons. The average Bonchev–Trinajstić information content (AvgIpc) is 2.84. The van der Waals surface area contributed by atoms with Crippen molar-refractivity contribution in [3.05, 3.63) is 53.5 Å². The van der Waals surface area contributed by atoms with Gasteiger partial charge in [0.05, 0.1) is 5.69 Å². The van der Waals surface area contributed by atoms with E-state index in [1.165, 1.54) is 16.8 Å². The molecule has 2 heterocycles. The fourth-order valence-corrected chi connectivity index (χ4v) is 2.94. The third-order valence-electron chi connectivity index (χ3n) is 4.27. The van der Waals surface area contributed by atoms with Crippen molar-refractivity contribution in [2.45, 2.75) is 25.6 Å². The third-order valence-corrected chi connectivity index (χ3v) is 4.27. The number of carbonyl (C=O) groups is 1. The van der Waals surface area contributed by atoms with Crippen LogP contribution in [0.4, 0.5) is 19.0 Å². The Hall–Kier alpha value is -2.68. The molecule has 1 N–H and O–H groups in total. The Labute approximate surface area is 161 Å². The number of rotatable bonds is 3. The maximum Gasteiger partial charge on any atom is 0.490 e. The van der Waals surface area contributed by atoms with Gasteiger partial charge in [0.15, 0.2) is 0 Å². The highest BCUT2D eigenvalue weighted by atomic mass is 19.4. The SMILES string of the molecule is CN(C)c1ncnc2c1CCN(Cc1ccccc1)CC2.O=C(O)C(F)(F)F. The first-order chi connectivity index (χ1) is 13.2. The number of hydrogen-bond acceptors (Lipinski definition) is 5. The highest BCUT2D eigenvalue weighted by Crippen LogP contribution is 2.22. The summed E-state index contributed by atoms with van der Waals surface area (Å²) in [5.41, 5.74) is 3.91. The predicted molar refractivity (Wildman–Crippen MR) is 99.2 cm³/mol. The lowest BCUT2D eigenvalue weighted by molar-refractivity contribution is -0.192. The summed E-state index contributed by atoms with van der Waals surface area (Å²) in [6.07, 6.45) is -1.36. The summed E-state index contributed by atoms with van der Waals surface area (Å²) in [5, 5.41) is 7.12. The maximum atomic E-state index is 10.6. The smallest absolute Gasteiger partial charge is 0.475 e. The molecular weight excluding hydrogens is 373 g/mol. The van der Waals surface area contributed by atoms with E-state index in [-0.39, 0.29) is 0 Å². The molecule has 1 aromatic heterocycles. The van der Waals surface area contributed by atoms with E-state index in [2.05, 4.69) is 64.2 Å². The number of halogens is 3. The zero-order valence-corrected chi connectivity index (χ0v) is 15.8. The number of aliphatic carboxylic acids is 1. The van der Waals surface area contributed by atoms with Gasteiger partial charge < -0.3 is 10.0 Å². The lowest BCUT2D eigenvalue weighted by Crippen LogP contribution is -2.26. The fraction of sp³-hybridized carbons (Fsp3) is 0.421. The molecule has 1 aromatic carbocycles. The lowest BCUT2D eigenvalue weighted by Gasteiger charge is -2.20. The molecule has 1 aliphatic heterocycles. The Morgan fingerprint density at radius 2 is 1.75 bits per heavy atom. The van der Waals surface area contributed by atoms with Gasteiger partial charge in [0.1, 0.15) is 12.1 Å². The van der Waals surface area contributed by atoms with Gasteiger partial charge in [0.25, 0.3) is 0 Å². The van der Waals surface area contributed by atoms with Crippen molar-refractivity contribution in [2.24, 2.45) is 0 Å². The van der Waals surface area contributed by atoms with Gasteiger partial charge in [-0.2, -0.15) is 13.2 Å². The van der Waals surface area contributed by atoms with Crippen molar-refractivity contribution in [3.8, 4) is 0 Å². The van der Waals surface area contributed by atoms with Crippen molar-refractivity contribution in [2.75, 3.05) is 32.1 Å². The minimum atomic E-state index is -5.08. The topological polar surface area (TPSA) is 69.6 Å². The van der Waals surface area contributed by atoms with Gasteiger partial charge in [-0.15, -0.1) is 0 Å². The van der Waals surface area contributed by atoms with Gasteiger partial charge >= 0.3 is 12.1 Å². The molecule has 0 unspecified atom stereocenters. The molecule has 3 rings (SSSR count). The normalized spacial score (nSPS) is 14.3. The Bertz CT molecular complexity index is 782.